The van der Waals surface area contributed by atoms with E-state index in [1.54, 1.807) is 0 Å². The van der Waals surface area contributed by atoms with Crippen LogP contribution in [0.4, 0.5) is 0 Å². The van der Waals surface area contributed by atoms with Gasteiger partial charge in [-0.15, -0.1) is 0 Å². The number of ether oxygens (including phenoxy) is 1. The van der Waals surface area contributed by atoms with Crippen molar-refractivity contribution >= 4 is 27.5 Å². The van der Waals surface area contributed by atoms with Crippen molar-refractivity contribution in [3.8, 4) is 0 Å². The molecule has 1 saturated heterocycles. The Morgan fingerprint density at radius 1 is 1.00 bits per heavy atom. The van der Waals surface area contributed by atoms with Gasteiger partial charge in [0.2, 0.25) is 0 Å². The van der Waals surface area contributed by atoms with E-state index in [-0.39, 0.29) is 17.6 Å². The van der Waals surface area contributed by atoms with Gasteiger partial charge in [-0.25, -0.2) is 4.98 Å². The molecule has 2 aromatic heterocycles. The molecular weight excluding hydrogens is 320 g/mol. The number of fused-ring (bicyclic) bond motifs is 10. The van der Waals surface area contributed by atoms with Gasteiger partial charge in [-0.05, 0) is 47.6 Å². The Balaban J connectivity index is 1.81. The minimum absolute atomic E-state index is 0.0322. The fourth-order valence-electron chi connectivity index (χ4n) is 4.82. The largest absolute Gasteiger partial charge is 0.366 e. The Morgan fingerprint density at radius 3 is 2.50 bits per heavy atom. The number of nitrogens with zero attached hydrogens (tertiary/aromatic N) is 2. The first-order valence-corrected chi connectivity index (χ1v) is 9.54. The van der Waals surface area contributed by atoms with Crippen molar-refractivity contribution in [1.29, 1.82) is 0 Å². The zero-order chi connectivity index (χ0) is 17.6. The fraction of sp³-hybridized carbons (Fsp3) is 0.348. The van der Waals surface area contributed by atoms with Crippen molar-refractivity contribution in [2.24, 2.45) is 0 Å². The first-order chi connectivity index (χ1) is 12.5. The molecule has 4 aromatic rings. The van der Waals surface area contributed by atoms with Crippen LogP contribution in [0.3, 0.4) is 0 Å². The maximum Gasteiger partial charge on any atom is 0.146 e. The molecule has 2 bridgehead atoms. The topological polar surface area (TPSA) is 26.5 Å². The van der Waals surface area contributed by atoms with Gasteiger partial charge >= 0.3 is 0 Å². The van der Waals surface area contributed by atoms with E-state index < -0.39 is 0 Å². The van der Waals surface area contributed by atoms with E-state index >= 15 is 0 Å². The van der Waals surface area contributed by atoms with E-state index in [1.807, 2.05) is 0 Å². The van der Waals surface area contributed by atoms with Gasteiger partial charge in [0, 0.05) is 16.5 Å². The minimum Gasteiger partial charge on any atom is -0.366 e. The van der Waals surface area contributed by atoms with Gasteiger partial charge in [0.25, 0.3) is 0 Å². The third-order valence-electron chi connectivity index (χ3n) is 6.08. The summed E-state index contributed by atoms with van der Waals surface area (Å²) in [5.74, 6) is 0. The van der Waals surface area contributed by atoms with Crippen LogP contribution in [0.2, 0.25) is 0 Å². The molecule has 2 aromatic carbocycles. The fourth-order valence-corrected chi connectivity index (χ4v) is 4.82. The molecule has 0 aliphatic carbocycles. The lowest BCUT2D eigenvalue weighted by atomic mass is 9.89. The molecule has 2 aliphatic rings. The van der Waals surface area contributed by atoms with Crippen LogP contribution in [0.15, 0.2) is 42.5 Å². The van der Waals surface area contributed by atoms with Crippen molar-refractivity contribution < 1.29 is 4.74 Å². The summed E-state index contributed by atoms with van der Waals surface area (Å²) >= 11 is 0. The molecule has 26 heavy (non-hydrogen) atoms. The first-order valence-electron chi connectivity index (χ1n) is 9.54. The Bertz CT molecular complexity index is 1210. The average molecular weight is 342 g/mol. The van der Waals surface area contributed by atoms with Crippen LogP contribution in [0.1, 0.15) is 62.6 Å². The van der Waals surface area contributed by atoms with E-state index in [9.17, 15) is 0 Å². The number of imidazole rings is 1. The standard InChI is InChI=1S/C23H22N2O/c1-23(2,3)21-10-13-6-4-5-7-14(13)22-24-17-11-15-16(12-18(17)25(21)22)20-9-8-19(15)26-20/h4-7,10-12,19-20H,8-9H2,1-3H3. The molecule has 2 unspecified atom stereocenters. The SMILES string of the molecule is CC(C)(C)c1cc2ccccc2c2nc3cc4c(cc3n12)C1CCC4O1. The summed E-state index contributed by atoms with van der Waals surface area (Å²) in [5, 5.41) is 2.48. The lowest BCUT2D eigenvalue weighted by Crippen LogP contribution is -2.16. The third-order valence-corrected chi connectivity index (χ3v) is 6.08. The first kappa shape index (κ1) is 14.7. The quantitative estimate of drug-likeness (QED) is 0.401. The molecule has 4 heterocycles. The summed E-state index contributed by atoms with van der Waals surface area (Å²) in [6, 6.07) is 15.5. The zero-order valence-electron chi connectivity index (χ0n) is 15.4. The van der Waals surface area contributed by atoms with E-state index in [0.29, 0.717) is 0 Å². The molecule has 3 heteroatoms. The monoisotopic (exact) mass is 342 g/mol. The van der Waals surface area contributed by atoms with Crippen LogP contribution in [0.5, 0.6) is 0 Å². The zero-order valence-corrected chi connectivity index (χ0v) is 15.4. The molecule has 130 valence electrons. The molecule has 2 aliphatic heterocycles. The maximum atomic E-state index is 6.13. The predicted octanol–water partition coefficient (Wildman–Crippen LogP) is 5.84. The second kappa shape index (κ2) is 4.66. The normalized spacial score (nSPS) is 22.0. The highest BCUT2D eigenvalue weighted by atomic mass is 16.5. The summed E-state index contributed by atoms with van der Waals surface area (Å²) in [4.78, 5) is 5.09. The molecule has 0 N–H and O–H groups in total. The van der Waals surface area contributed by atoms with Crippen LogP contribution in [-0.2, 0) is 10.2 Å². The van der Waals surface area contributed by atoms with E-state index in [2.05, 4.69) is 67.6 Å². The van der Waals surface area contributed by atoms with Crippen LogP contribution < -0.4 is 0 Å². The van der Waals surface area contributed by atoms with E-state index in [1.165, 1.54) is 33.1 Å². The highest BCUT2D eigenvalue weighted by Gasteiger charge is 2.38. The molecule has 0 spiro atoms. The summed E-state index contributed by atoms with van der Waals surface area (Å²) in [6.07, 6.45) is 2.85. The molecule has 0 saturated carbocycles. The average Bonchev–Trinajstić information content (AvgIpc) is 3.31. The minimum atomic E-state index is 0.0322. The second-order valence-corrected chi connectivity index (χ2v) is 8.80. The molecule has 1 fully saturated rings. The second-order valence-electron chi connectivity index (χ2n) is 8.80. The molecule has 0 amide bonds. The van der Waals surface area contributed by atoms with Crippen LogP contribution in [0, 0.1) is 0 Å². The van der Waals surface area contributed by atoms with Crippen molar-refractivity contribution in [3.05, 3.63) is 59.3 Å². The van der Waals surface area contributed by atoms with Gasteiger partial charge in [-0.1, -0.05) is 45.0 Å². The summed E-state index contributed by atoms with van der Waals surface area (Å²) in [7, 11) is 0. The van der Waals surface area contributed by atoms with Gasteiger partial charge in [0.1, 0.15) is 5.65 Å². The summed E-state index contributed by atoms with van der Waals surface area (Å²) in [6.45, 7) is 6.84. The van der Waals surface area contributed by atoms with Gasteiger partial charge in [0.05, 0.1) is 23.2 Å². The number of pyridine rings is 1. The number of benzene rings is 2. The highest BCUT2D eigenvalue weighted by molar-refractivity contribution is 5.99. The molecule has 2 atom stereocenters. The summed E-state index contributed by atoms with van der Waals surface area (Å²) in [5.41, 5.74) is 7.44. The Kier molecular flexibility index (Phi) is 2.64. The molecule has 6 rings (SSSR count). The maximum absolute atomic E-state index is 6.13. The van der Waals surface area contributed by atoms with Gasteiger partial charge in [0.15, 0.2) is 0 Å². The molecule has 0 radical (unpaired) electrons. The van der Waals surface area contributed by atoms with Crippen LogP contribution in [-0.4, -0.2) is 9.38 Å². The lowest BCUT2D eigenvalue weighted by molar-refractivity contribution is 0.0717. The number of aromatic nitrogens is 2. The Morgan fingerprint density at radius 2 is 1.73 bits per heavy atom. The highest BCUT2D eigenvalue weighted by Crippen LogP contribution is 2.51. The van der Waals surface area contributed by atoms with Gasteiger partial charge < -0.3 is 4.74 Å². The number of hydrogen-bond acceptors (Lipinski definition) is 2. The Hall–Kier alpha value is -2.39. The van der Waals surface area contributed by atoms with E-state index in [0.717, 1.165) is 24.0 Å². The number of hydrogen-bond donors (Lipinski definition) is 0. The Labute approximate surface area is 152 Å². The van der Waals surface area contributed by atoms with Crippen molar-refractivity contribution in [2.75, 3.05) is 0 Å². The number of rotatable bonds is 0. The smallest absolute Gasteiger partial charge is 0.146 e. The van der Waals surface area contributed by atoms with Crippen molar-refractivity contribution in [3.63, 3.8) is 0 Å². The predicted molar refractivity (Wildman–Crippen MR) is 105 cm³/mol. The van der Waals surface area contributed by atoms with Crippen molar-refractivity contribution in [2.45, 2.75) is 51.2 Å². The van der Waals surface area contributed by atoms with Gasteiger partial charge in [-0.2, -0.15) is 0 Å². The van der Waals surface area contributed by atoms with Crippen molar-refractivity contribution in [1.82, 2.24) is 9.38 Å². The van der Waals surface area contributed by atoms with E-state index in [4.69, 9.17) is 9.72 Å². The molecule has 3 nitrogen and oxygen atoms in total. The van der Waals surface area contributed by atoms with Crippen LogP contribution >= 0.6 is 0 Å². The third kappa shape index (κ3) is 1.79. The van der Waals surface area contributed by atoms with Gasteiger partial charge in [-0.3, -0.25) is 4.40 Å². The molecular formula is C23H22N2O. The summed E-state index contributed by atoms with van der Waals surface area (Å²) < 4.78 is 8.50. The lowest BCUT2D eigenvalue weighted by Gasteiger charge is -2.22. The van der Waals surface area contributed by atoms with Crippen LogP contribution in [0.25, 0.3) is 27.5 Å².